The highest BCUT2D eigenvalue weighted by atomic mass is 19.3. The van der Waals surface area contributed by atoms with Crippen molar-refractivity contribution >= 4 is 17.4 Å². The van der Waals surface area contributed by atoms with E-state index in [2.05, 4.69) is 10.3 Å². The Kier molecular flexibility index (Phi) is 6.92. The van der Waals surface area contributed by atoms with E-state index in [-0.39, 0.29) is 23.6 Å². The van der Waals surface area contributed by atoms with Gasteiger partial charge in [-0.15, -0.1) is 0 Å². The number of hydrogen-bond acceptors (Lipinski definition) is 6. The second kappa shape index (κ2) is 10.2. The largest absolute Gasteiger partial charge is 0.489 e. The highest BCUT2D eigenvalue weighted by Gasteiger charge is 2.32. The van der Waals surface area contributed by atoms with Gasteiger partial charge >= 0.3 is 0 Å². The maximum absolute atomic E-state index is 13.2. The van der Waals surface area contributed by atoms with Crippen molar-refractivity contribution in [2.75, 3.05) is 25.1 Å². The summed E-state index contributed by atoms with van der Waals surface area (Å²) in [5, 5.41) is 2.63. The summed E-state index contributed by atoms with van der Waals surface area (Å²) in [5.41, 5.74) is 1.50. The van der Waals surface area contributed by atoms with Crippen LogP contribution in [0.2, 0.25) is 0 Å². The Bertz CT molecular complexity index is 1190. The molecular weight excluding hydrogens is 458 g/mol. The van der Waals surface area contributed by atoms with Crippen molar-refractivity contribution in [3.63, 3.8) is 0 Å². The summed E-state index contributed by atoms with van der Waals surface area (Å²) in [6.07, 6.45) is 4.21. The highest BCUT2D eigenvalue weighted by Crippen LogP contribution is 2.33. The average molecular weight is 487 g/mol. The van der Waals surface area contributed by atoms with Crippen molar-refractivity contribution in [1.29, 1.82) is 0 Å². The lowest BCUT2D eigenvalue weighted by molar-refractivity contribution is -0.0564. The number of imidazole rings is 1. The van der Waals surface area contributed by atoms with Gasteiger partial charge < -0.3 is 23.9 Å². The van der Waals surface area contributed by atoms with Gasteiger partial charge in [-0.3, -0.25) is 4.79 Å². The predicted molar refractivity (Wildman–Crippen MR) is 124 cm³/mol. The van der Waals surface area contributed by atoms with Crippen LogP contribution in [0.1, 0.15) is 66.7 Å². The SMILES string of the molecule is CCOC1CC(Oc2cc3nc(C4CCOCC4)cn3cc2C(=O)Nc2cccc(C(F)F)n2)C1. The summed E-state index contributed by atoms with van der Waals surface area (Å²) in [6.45, 7) is 4.00. The van der Waals surface area contributed by atoms with E-state index in [4.69, 9.17) is 19.2 Å². The van der Waals surface area contributed by atoms with Crippen molar-refractivity contribution in [3.05, 3.63) is 53.6 Å². The fraction of sp³-hybridized carbons (Fsp3) is 0.480. The lowest BCUT2D eigenvalue weighted by atomic mass is 9.92. The van der Waals surface area contributed by atoms with Crippen molar-refractivity contribution in [2.45, 2.75) is 57.2 Å². The molecule has 0 bridgehead atoms. The molecule has 1 aliphatic carbocycles. The third-order valence-corrected chi connectivity index (χ3v) is 6.44. The first-order valence-electron chi connectivity index (χ1n) is 11.9. The van der Waals surface area contributed by atoms with Gasteiger partial charge in [0.25, 0.3) is 12.3 Å². The zero-order valence-corrected chi connectivity index (χ0v) is 19.5. The summed E-state index contributed by atoms with van der Waals surface area (Å²) in [4.78, 5) is 21.9. The number of carbonyl (C=O) groups excluding carboxylic acids is 1. The monoisotopic (exact) mass is 486 g/mol. The minimum Gasteiger partial charge on any atom is -0.489 e. The van der Waals surface area contributed by atoms with Crippen LogP contribution in [0.4, 0.5) is 14.6 Å². The molecule has 4 heterocycles. The van der Waals surface area contributed by atoms with Gasteiger partial charge in [0.1, 0.15) is 29.0 Å². The van der Waals surface area contributed by atoms with Crippen LogP contribution >= 0.6 is 0 Å². The molecule has 0 aromatic carbocycles. The van der Waals surface area contributed by atoms with Crippen molar-refractivity contribution < 1.29 is 27.8 Å². The van der Waals surface area contributed by atoms with Gasteiger partial charge in [0, 0.05) is 57.0 Å². The second-order valence-electron chi connectivity index (χ2n) is 8.86. The molecule has 186 valence electrons. The predicted octanol–water partition coefficient (Wildman–Crippen LogP) is 4.76. The molecule has 1 amide bonds. The molecular formula is C25H28F2N4O4. The first-order valence-corrected chi connectivity index (χ1v) is 11.9. The lowest BCUT2D eigenvalue weighted by Crippen LogP contribution is -2.39. The molecule has 0 atom stereocenters. The molecule has 2 fully saturated rings. The van der Waals surface area contributed by atoms with E-state index < -0.39 is 18.0 Å². The zero-order chi connectivity index (χ0) is 24.4. The quantitative estimate of drug-likeness (QED) is 0.494. The molecule has 1 N–H and O–H groups in total. The van der Waals surface area contributed by atoms with E-state index in [9.17, 15) is 13.6 Å². The van der Waals surface area contributed by atoms with Gasteiger partial charge in [0.2, 0.25) is 0 Å². The Morgan fingerprint density at radius 1 is 1.20 bits per heavy atom. The van der Waals surface area contributed by atoms with E-state index in [1.165, 1.54) is 18.2 Å². The maximum atomic E-state index is 13.2. The average Bonchev–Trinajstić information content (AvgIpc) is 3.26. The Hall–Kier alpha value is -3.11. The Balaban J connectivity index is 1.43. The summed E-state index contributed by atoms with van der Waals surface area (Å²) < 4.78 is 45.2. The summed E-state index contributed by atoms with van der Waals surface area (Å²) in [5.74, 6) is 0.240. The first-order chi connectivity index (χ1) is 17.0. The Morgan fingerprint density at radius 2 is 2.00 bits per heavy atom. The first kappa shape index (κ1) is 23.6. The Morgan fingerprint density at radius 3 is 2.74 bits per heavy atom. The number of amides is 1. The molecule has 5 rings (SSSR count). The number of aromatic nitrogens is 3. The molecule has 35 heavy (non-hydrogen) atoms. The van der Waals surface area contributed by atoms with E-state index in [0.29, 0.717) is 37.1 Å². The van der Waals surface area contributed by atoms with Crippen LogP contribution in [0.3, 0.4) is 0 Å². The van der Waals surface area contributed by atoms with E-state index in [0.717, 1.165) is 31.4 Å². The minimum absolute atomic E-state index is 0.0485. The van der Waals surface area contributed by atoms with Crippen LogP contribution in [0.25, 0.3) is 5.65 Å². The smallest absolute Gasteiger partial charge is 0.280 e. The van der Waals surface area contributed by atoms with E-state index in [1.807, 2.05) is 13.1 Å². The van der Waals surface area contributed by atoms with Gasteiger partial charge in [-0.1, -0.05) is 6.07 Å². The van der Waals surface area contributed by atoms with Crippen molar-refractivity contribution in [2.24, 2.45) is 0 Å². The molecule has 1 saturated heterocycles. The molecule has 10 heteroatoms. The van der Waals surface area contributed by atoms with Gasteiger partial charge in [0.05, 0.1) is 17.4 Å². The second-order valence-corrected chi connectivity index (χ2v) is 8.86. The number of rotatable bonds is 8. The topological polar surface area (TPSA) is 87.0 Å². The maximum Gasteiger partial charge on any atom is 0.280 e. The molecule has 1 saturated carbocycles. The molecule has 3 aromatic heterocycles. The van der Waals surface area contributed by atoms with Gasteiger partial charge in [-0.05, 0) is 31.9 Å². The number of anilines is 1. The zero-order valence-electron chi connectivity index (χ0n) is 19.5. The number of nitrogens with one attached hydrogen (secondary N) is 1. The number of halogens is 2. The Labute approximate surface area is 201 Å². The van der Waals surface area contributed by atoms with Crippen molar-refractivity contribution in [3.8, 4) is 5.75 Å². The van der Waals surface area contributed by atoms with Crippen LogP contribution in [0.5, 0.6) is 5.75 Å². The van der Waals surface area contributed by atoms with Crippen molar-refractivity contribution in [1.82, 2.24) is 14.4 Å². The van der Waals surface area contributed by atoms with Crippen LogP contribution in [-0.4, -0.2) is 52.3 Å². The lowest BCUT2D eigenvalue weighted by Gasteiger charge is -2.35. The van der Waals surface area contributed by atoms with Crippen LogP contribution in [0, 0.1) is 0 Å². The van der Waals surface area contributed by atoms with Gasteiger partial charge in [-0.2, -0.15) is 0 Å². The standard InChI is InChI=1S/C25H28F2N4O4/c1-2-34-16-10-17(11-16)35-21-12-23-29-20(15-6-8-33-9-7-15)14-31(23)13-18(21)25(32)30-22-5-3-4-19(28-22)24(26)27/h3-5,12-17,24H,2,6-11H2,1H3,(H,28,30,32). The summed E-state index contributed by atoms with van der Waals surface area (Å²) in [6, 6.07) is 5.88. The number of hydrogen-bond donors (Lipinski definition) is 1. The fourth-order valence-corrected chi connectivity index (χ4v) is 4.48. The highest BCUT2D eigenvalue weighted by molar-refractivity contribution is 6.05. The van der Waals surface area contributed by atoms with E-state index in [1.54, 1.807) is 16.7 Å². The number of ether oxygens (including phenoxy) is 3. The number of pyridine rings is 2. The van der Waals surface area contributed by atoms with Gasteiger partial charge in [0.15, 0.2) is 0 Å². The molecule has 0 unspecified atom stereocenters. The molecule has 0 spiro atoms. The third kappa shape index (κ3) is 5.28. The molecule has 2 aliphatic rings. The minimum atomic E-state index is -2.73. The fourth-order valence-electron chi connectivity index (χ4n) is 4.48. The third-order valence-electron chi connectivity index (χ3n) is 6.44. The summed E-state index contributed by atoms with van der Waals surface area (Å²) >= 11 is 0. The molecule has 1 aliphatic heterocycles. The number of fused-ring (bicyclic) bond motifs is 1. The molecule has 0 radical (unpaired) electrons. The number of carbonyl (C=O) groups is 1. The van der Waals surface area contributed by atoms with Crippen LogP contribution in [-0.2, 0) is 9.47 Å². The van der Waals surface area contributed by atoms with E-state index >= 15 is 0 Å². The van der Waals surface area contributed by atoms with Crippen LogP contribution < -0.4 is 10.1 Å². The summed E-state index contributed by atoms with van der Waals surface area (Å²) in [7, 11) is 0. The molecule has 3 aromatic rings. The number of nitrogens with zero attached hydrogens (tertiary/aromatic N) is 3. The normalized spacial score (nSPS) is 20.7. The number of alkyl halides is 2. The molecule has 8 nitrogen and oxygen atoms in total. The van der Waals surface area contributed by atoms with Gasteiger partial charge in [-0.25, -0.2) is 18.7 Å². The van der Waals surface area contributed by atoms with Crippen LogP contribution in [0.15, 0.2) is 36.7 Å².